The number of amides is 1. The molecule has 0 atom stereocenters. The second-order valence-corrected chi connectivity index (χ2v) is 6.59. The van der Waals surface area contributed by atoms with Crippen LogP contribution in [0.3, 0.4) is 0 Å². The van der Waals surface area contributed by atoms with E-state index < -0.39 is 0 Å². The molecule has 2 aromatic heterocycles. The lowest BCUT2D eigenvalue weighted by molar-refractivity contribution is -0.131. The van der Waals surface area contributed by atoms with Crippen LogP contribution < -0.4 is 0 Å². The molecule has 0 spiro atoms. The second-order valence-electron chi connectivity index (χ2n) is 5.81. The Hall–Kier alpha value is -2.47. The van der Waals surface area contributed by atoms with Gasteiger partial charge >= 0.3 is 0 Å². The van der Waals surface area contributed by atoms with Crippen molar-refractivity contribution in [2.75, 3.05) is 6.54 Å². The second kappa shape index (κ2) is 8.58. The Kier molecular flexibility index (Phi) is 5.95. The van der Waals surface area contributed by atoms with Crippen LogP contribution in [0.4, 0.5) is 0 Å². The molecule has 0 fully saturated rings. The maximum absolute atomic E-state index is 12.6. The fourth-order valence-electron chi connectivity index (χ4n) is 2.60. The fourth-order valence-corrected chi connectivity index (χ4v) is 3.22. The summed E-state index contributed by atoms with van der Waals surface area (Å²) >= 11 is 1.58. The molecule has 1 aromatic carbocycles. The molecule has 5 nitrogen and oxygen atoms in total. The summed E-state index contributed by atoms with van der Waals surface area (Å²) in [6, 6.07) is 12.0. The topological polar surface area (TPSA) is 59.2 Å². The minimum atomic E-state index is 0.112. The van der Waals surface area contributed by atoms with Crippen molar-refractivity contribution in [2.24, 2.45) is 0 Å². The molecule has 0 aliphatic heterocycles. The fraction of sp³-hybridized carbons (Fsp3) is 0.316. The van der Waals surface area contributed by atoms with Gasteiger partial charge in [-0.3, -0.25) is 4.79 Å². The molecule has 0 saturated heterocycles. The van der Waals surface area contributed by atoms with E-state index in [0.29, 0.717) is 31.2 Å². The van der Waals surface area contributed by atoms with Gasteiger partial charge in [0.1, 0.15) is 0 Å². The lowest BCUT2D eigenvalue weighted by atomic mass is 10.2. The summed E-state index contributed by atoms with van der Waals surface area (Å²) in [7, 11) is 0. The SMILES string of the molecule is CCCN(Cc1ccccc1)C(=O)CCc1nnc(-c2ccsc2)o1. The van der Waals surface area contributed by atoms with Gasteiger partial charge in [0.25, 0.3) is 0 Å². The smallest absolute Gasteiger partial charge is 0.248 e. The predicted octanol–water partition coefficient (Wildman–Crippen LogP) is 4.17. The van der Waals surface area contributed by atoms with Crippen LogP contribution in [-0.4, -0.2) is 27.5 Å². The molecule has 3 aromatic rings. The predicted molar refractivity (Wildman–Crippen MR) is 98.1 cm³/mol. The zero-order valence-electron chi connectivity index (χ0n) is 14.2. The molecule has 0 saturated carbocycles. The maximum Gasteiger partial charge on any atom is 0.248 e. The van der Waals surface area contributed by atoms with E-state index in [2.05, 4.69) is 17.1 Å². The molecule has 0 aliphatic carbocycles. The highest BCUT2D eigenvalue weighted by Crippen LogP contribution is 2.21. The van der Waals surface area contributed by atoms with Crippen LogP contribution in [0, 0.1) is 0 Å². The van der Waals surface area contributed by atoms with Gasteiger partial charge in [-0.15, -0.1) is 10.2 Å². The summed E-state index contributed by atoms with van der Waals surface area (Å²) in [5, 5.41) is 12.0. The van der Waals surface area contributed by atoms with E-state index in [0.717, 1.165) is 24.1 Å². The van der Waals surface area contributed by atoms with Gasteiger partial charge in [-0.05, 0) is 23.4 Å². The highest BCUT2D eigenvalue weighted by molar-refractivity contribution is 7.08. The molecule has 0 N–H and O–H groups in total. The number of aromatic nitrogens is 2. The molecule has 6 heteroatoms. The Morgan fingerprint density at radius 1 is 1.20 bits per heavy atom. The van der Waals surface area contributed by atoms with E-state index in [9.17, 15) is 4.79 Å². The Balaban J connectivity index is 1.58. The van der Waals surface area contributed by atoms with E-state index in [4.69, 9.17) is 4.42 Å². The van der Waals surface area contributed by atoms with Crippen LogP contribution in [-0.2, 0) is 17.8 Å². The Morgan fingerprint density at radius 2 is 2.04 bits per heavy atom. The number of benzene rings is 1. The van der Waals surface area contributed by atoms with E-state index in [1.807, 2.05) is 52.1 Å². The van der Waals surface area contributed by atoms with Crippen LogP contribution >= 0.6 is 11.3 Å². The van der Waals surface area contributed by atoms with Gasteiger partial charge in [-0.2, -0.15) is 11.3 Å². The maximum atomic E-state index is 12.6. The molecule has 3 rings (SSSR count). The van der Waals surface area contributed by atoms with Crippen molar-refractivity contribution in [3.05, 3.63) is 58.6 Å². The number of carbonyl (C=O) groups excluding carboxylic acids is 1. The van der Waals surface area contributed by atoms with Crippen LogP contribution in [0.15, 0.2) is 51.6 Å². The zero-order valence-corrected chi connectivity index (χ0v) is 15.0. The van der Waals surface area contributed by atoms with Crippen molar-refractivity contribution in [3.8, 4) is 11.5 Å². The summed E-state index contributed by atoms with van der Waals surface area (Å²) in [5.41, 5.74) is 2.06. The van der Waals surface area contributed by atoms with Crippen molar-refractivity contribution in [1.29, 1.82) is 0 Å². The van der Waals surface area contributed by atoms with E-state index in [-0.39, 0.29) is 5.91 Å². The summed E-state index contributed by atoms with van der Waals surface area (Å²) in [6.07, 6.45) is 1.77. The summed E-state index contributed by atoms with van der Waals surface area (Å²) in [6.45, 7) is 3.46. The molecule has 25 heavy (non-hydrogen) atoms. The van der Waals surface area contributed by atoms with E-state index in [1.54, 1.807) is 11.3 Å². The normalized spacial score (nSPS) is 10.8. The number of thiophene rings is 1. The summed E-state index contributed by atoms with van der Waals surface area (Å²) in [4.78, 5) is 14.5. The largest absolute Gasteiger partial charge is 0.421 e. The first-order chi connectivity index (χ1) is 12.3. The molecular weight excluding hydrogens is 334 g/mol. The highest BCUT2D eigenvalue weighted by Gasteiger charge is 2.16. The van der Waals surface area contributed by atoms with E-state index in [1.165, 1.54) is 0 Å². The number of aryl methyl sites for hydroxylation is 1. The van der Waals surface area contributed by atoms with Crippen LogP contribution in [0.25, 0.3) is 11.5 Å². The molecule has 130 valence electrons. The van der Waals surface area contributed by atoms with Crippen molar-refractivity contribution in [1.82, 2.24) is 15.1 Å². The Bertz CT molecular complexity index is 784. The van der Waals surface area contributed by atoms with Gasteiger partial charge < -0.3 is 9.32 Å². The quantitative estimate of drug-likeness (QED) is 0.608. The monoisotopic (exact) mass is 355 g/mol. The lowest BCUT2D eigenvalue weighted by Crippen LogP contribution is -2.31. The first-order valence-corrected chi connectivity index (χ1v) is 9.37. The van der Waals surface area contributed by atoms with Crippen molar-refractivity contribution in [2.45, 2.75) is 32.7 Å². The van der Waals surface area contributed by atoms with Gasteiger partial charge in [0.15, 0.2) is 0 Å². The Morgan fingerprint density at radius 3 is 2.76 bits per heavy atom. The van der Waals surface area contributed by atoms with Gasteiger partial charge in [0.2, 0.25) is 17.7 Å². The van der Waals surface area contributed by atoms with Crippen molar-refractivity contribution < 1.29 is 9.21 Å². The minimum Gasteiger partial charge on any atom is -0.421 e. The third-order valence-electron chi connectivity index (χ3n) is 3.85. The summed E-state index contributed by atoms with van der Waals surface area (Å²) in [5.74, 6) is 1.13. The average Bonchev–Trinajstić information content (AvgIpc) is 3.31. The van der Waals surface area contributed by atoms with Gasteiger partial charge in [0, 0.05) is 36.9 Å². The Labute approximate surface area is 151 Å². The minimum absolute atomic E-state index is 0.112. The third-order valence-corrected chi connectivity index (χ3v) is 4.53. The van der Waals surface area contributed by atoms with Crippen molar-refractivity contribution >= 4 is 17.2 Å². The standard InChI is InChI=1S/C19H21N3O2S/c1-2-11-22(13-15-6-4-3-5-7-15)18(23)9-8-17-20-21-19(24-17)16-10-12-25-14-16/h3-7,10,12,14H,2,8-9,11,13H2,1H3. The first kappa shape index (κ1) is 17.4. The molecular formula is C19H21N3O2S. The number of hydrogen-bond acceptors (Lipinski definition) is 5. The molecule has 1 amide bonds. The first-order valence-electron chi connectivity index (χ1n) is 8.43. The van der Waals surface area contributed by atoms with Gasteiger partial charge in [-0.1, -0.05) is 37.3 Å². The molecule has 2 heterocycles. The van der Waals surface area contributed by atoms with Gasteiger partial charge in [-0.25, -0.2) is 0 Å². The average molecular weight is 355 g/mol. The number of rotatable bonds is 8. The van der Waals surface area contributed by atoms with Gasteiger partial charge in [0.05, 0.1) is 0 Å². The van der Waals surface area contributed by atoms with Crippen LogP contribution in [0.2, 0.25) is 0 Å². The van der Waals surface area contributed by atoms with Crippen LogP contribution in [0.1, 0.15) is 31.2 Å². The zero-order chi connectivity index (χ0) is 17.5. The number of carbonyl (C=O) groups is 1. The number of nitrogens with zero attached hydrogens (tertiary/aromatic N) is 3. The summed E-state index contributed by atoms with van der Waals surface area (Å²) < 4.78 is 5.65. The highest BCUT2D eigenvalue weighted by atomic mass is 32.1. The van der Waals surface area contributed by atoms with E-state index >= 15 is 0 Å². The molecule has 0 bridgehead atoms. The number of hydrogen-bond donors (Lipinski definition) is 0. The van der Waals surface area contributed by atoms with Crippen LogP contribution in [0.5, 0.6) is 0 Å². The third kappa shape index (κ3) is 4.76. The lowest BCUT2D eigenvalue weighted by Gasteiger charge is -2.22. The molecule has 0 radical (unpaired) electrons. The van der Waals surface area contributed by atoms with Crippen molar-refractivity contribution in [3.63, 3.8) is 0 Å². The molecule has 0 unspecified atom stereocenters. The molecule has 0 aliphatic rings.